The third kappa shape index (κ3) is 6.16. The minimum Gasteiger partial charge on any atom is -0.311 e. The zero-order valence-corrected chi connectivity index (χ0v) is 45.5. The van der Waals surface area contributed by atoms with Gasteiger partial charge in [0.25, 0.3) is 6.71 Å². The van der Waals surface area contributed by atoms with Crippen LogP contribution in [0.3, 0.4) is 0 Å². The number of rotatable bonds is 3. The maximum absolute atomic E-state index is 2.75. The Balaban J connectivity index is 1.16. The molecule has 1 saturated carbocycles. The topological polar surface area (TPSA) is 6.48 Å². The highest BCUT2D eigenvalue weighted by atomic mass is 32.1. The molecule has 2 atom stereocenters. The van der Waals surface area contributed by atoms with Gasteiger partial charge in [-0.1, -0.05) is 139 Å². The maximum Gasteiger partial charge on any atom is 0.254 e. The minimum atomic E-state index is -0.0269. The predicted molar refractivity (Wildman–Crippen MR) is 304 cm³/mol. The summed E-state index contributed by atoms with van der Waals surface area (Å²) >= 11 is 2.06. The van der Waals surface area contributed by atoms with E-state index in [1.807, 2.05) is 0 Å². The van der Waals surface area contributed by atoms with Crippen LogP contribution in [0.2, 0.25) is 0 Å². The Morgan fingerprint density at radius 3 is 1.73 bits per heavy atom. The molecule has 0 N–H and O–H groups in total. The van der Waals surface area contributed by atoms with Crippen molar-refractivity contribution in [2.24, 2.45) is 0 Å². The SMILES string of the molecule is Cc1cc2c3c(c1)N(c1ccc4c(c1)C(C)(C)CCC4(C)C)c1sc4cc5c(cc4c1B3c1cc(C(C)(C)C)ccc1N2c1cc2c(cc1-c1ccccc1)C(C)(C)CCC2(C)C)C1(C)CCC5(C)C1. The van der Waals surface area contributed by atoms with E-state index in [1.165, 1.54) is 149 Å². The summed E-state index contributed by atoms with van der Waals surface area (Å²) in [4.78, 5) is 5.48. The molecule has 4 aliphatic carbocycles. The largest absolute Gasteiger partial charge is 0.311 e. The maximum atomic E-state index is 2.75. The van der Waals surface area contributed by atoms with Gasteiger partial charge in [-0.25, -0.2) is 0 Å². The van der Waals surface area contributed by atoms with Gasteiger partial charge in [0, 0.05) is 33.0 Å². The number of hydrogen-bond acceptors (Lipinski definition) is 3. The Labute approximate surface area is 424 Å². The molecule has 0 spiro atoms. The molecule has 1 fully saturated rings. The lowest BCUT2D eigenvalue weighted by atomic mass is 9.33. The number of aryl methyl sites for hydroxylation is 1. The highest BCUT2D eigenvalue weighted by Crippen LogP contribution is 2.62. The van der Waals surface area contributed by atoms with Crippen molar-refractivity contribution in [3.63, 3.8) is 0 Å². The van der Waals surface area contributed by atoms with Crippen molar-refractivity contribution in [2.75, 3.05) is 9.80 Å². The normalized spacial score (nSPS) is 23.7. The third-order valence-corrected chi connectivity index (χ3v) is 20.7. The highest BCUT2D eigenvalue weighted by molar-refractivity contribution is 7.26. The van der Waals surface area contributed by atoms with Crippen LogP contribution in [0, 0.1) is 6.92 Å². The van der Waals surface area contributed by atoms with Crippen LogP contribution in [0.1, 0.15) is 179 Å². The van der Waals surface area contributed by atoms with E-state index < -0.39 is 0 Å². The molecule has 7 aromatic rings. The molecule has 2 aliphatic heterocycles. The van der Waals surface area contributed by atoms with E-state index in [4.69, 9.17) is 0 Å². The van der Waals surface area contributed by atoms with Gasteiger partial charge in [0.15, 0.2) is 0 Å². The first-order valence-corrected chi connectivity index (χ1v) is 27.6. The molecular weight excluding hydrogens is 864 g/mol. The summed E-state index contributed by atoms with van der Waals surface area (Å²) in [7, 11) is 0. The van der Waals surface area contributed by atoms with Crippen LogP contribution in [-0.2, 0) is 37.9 Å². The summed E-state index contributed by atoms with van der Waals surface area (Å²) in [6, 6.07) is 42.3. The average Bonchev–Trinajstić information content (AvgIpc) is 3.91. The van der Waals surface area contributed by atoms with Gasteiger partial charge in [0.2, 0.25) is 0 Å². The van der Waals surface area contributed by atoms with E-state index in [0.29, 0.717) is 0 Å². The van der Waals surface area contributed by atoms with Gasteiger partial charge in [-0.3, -0.25) is 0 Å². The van der Waals surface area contributed by atoms with Crippen molar-refractivity contribution < 1.29 is 0 Å². The van der Waals surface area contributed by atoms with Crippen molar-refractivity contribution in [1.29, 1.82) is 0 Å². The number of nitrogens with zero attached hydrogens (tertiary/aromatic N) is 2. The number of thiophene rings is 1. The average molecular weight is 937 g/mol. The smallest absolute Gasteiger partial charge is 0.254 e. The summed E-state index contributed by atoms with van der Waals surface area (Å²) in [6.07, 6.45) is 8.59. The van der Waals surface area contributed by atoms with Gasteiger partial charge < -0.3 is 9.80 Å². The molecule has 0 saturated heterocycles. The van der Waals surface area contributed by atoms with Crippen molar-refractivity contribution in [3.8, 4) is 11.1 Å². The van der Waals surface area contributed by atoms with E-state index >= 15 is 0 Å². The van der Waals surface area contributed by atoms with Crippen LogP contribution in [0.4, 0.5) is 33.4 Å². The van der Waals surface area contributed by atoms with Crippen LogP contribution in [0.25, 0.3) is 21.2 Å². The molecule has 1 aromatic heterocycles. The van der Waals surface area contributed by atoms with E-state index in [1.54, 1.807) is 11.1 Å². The van der Waals surface area contributed by atoms with Crippen LogP contribution in [-0.4, -0.2) is 6.71 Å². The molecule has 2 unspecified atom stereocenters. The number of hydrogen-bond donors (Lipinski definition) is 0. The van der Waals surface area contributed by atoms with Gasteiger partial charge in [-0.2, -0.15) is 0 Å². The highest BCUT2D eigenvalue weighted by Gasteiger charge is 2.54. The number of benzene rings is 6. The van der Waals surface area contributed by atoms with Crippen molar-refractivity contribution in [1.82, 2.24) is 0 Å². The quantitative estimate of drug-likeness (QED) is 0.163. The lowest BCUT2D eigenvalue weighted by Gasteiger charge is -2.46. The molecular formula is C66H73BN2S. The molecule has 0 amide bonds. The fourth-order valence-electron chi connectivity index (χ4n) is 15.1. The third-order valence-electron chi connectivity index (χ3n) is 19.5. The van der Waals surface area contributed by atoms with Gasteiger partial charge >= 0.3 is 0 Å². The summed E-state index contributed by atoms with van der Waals surface area (Å²) in [6.45, 7) is 34.5. The van der Waals surface area contributed by atoms with Gasteiger partial charge in [-0.05, 0) is 216 Å². The zero-order chi connectivity index (χ0) is 49.0. The van der Waals surface area contributed by atoms with E-state index in [2.05, 4.69) is 221 Å². The molecule has 6 aliphatic rings. The Morgan fingerprint density at radius 1 is 0.500 bits per heavy atom. The summed E-state index contributed by atoms with van der Waals surface area (Å²) in [5.41, 5.74) is 26.2. The fourth-order valence-corrected chi connectivity index (χ4v) is 16.4. The standard InChI is InChI=1S/C66H73BN2S/c1-39-30-54-58-55(31-39)69(53-36-48-47(63(9,10)26-27-64(48,11)12)34-43(53)40-18-16-15-17-19-40)52-23-20-41(60(2,3)4)32-51(52)67(58)57-44-35-49-50(66(14)29-28-65(49,13)38-66)37-56(44)70-59(57)68(54)42-21-22-45-46(33-42)62(7,8)25-24-61(45,5)6/h15-23,30-37H,24-29,38H2,1-14H3. The molecule has 3 heterocycles. The Hall–Kier alpha value is -5.06. The Kier molecular flexibility index (Phi) is 9.05. The predicted octanol–water partition coefficient (Wildman–Crippen LogP) is 16.7. The fraction of sp³-hybridized carbons (Fsp3) is 0.424. The van der Waals surface area contributed by atoms with Gasteiger partial charge in [-0.15, -0.1) is 11.3 Å². The second-order valence-electron chi connectivity index (χ2n) is 27.4. The molecule has 2 bridgehead atoms. The van der Waals surface area contributed by atoms with Crippen molar-refractivity contribution in [2.45, 2.75) is 180 Å². The minimum absolute atomic E-state index is 0.0269. The Morgan fingerprint density at radius 2 is 1.09 bits per heavy atom. The first kappa shape index (κ1) is 44.9. The van der Waals surface area contributed by atoms with Crippen molar-refractivity contribution >= 4 is 78.0 Å². The zero-order valence-electron chi connectivity index (χ0n) is 44.6. The second-order valence-corrected chi connectivity index (χ2v) is 28.4. The van der Waals surface area contributed by atoms with Crippen LogP contribution < -0.4 is 26.2 Å². The lowest BCUT2D eigenvalue weighted by molar-refractivity contribution is 0.332. The first-order chi connectivity index (χ1) is 32.9. The van der Waals surface area contributed by atoms with E-state index in [9.17, 15) is 0 Å². The van der Waals surface area contributed by atoms with E-state index in [0.717, 1.165) is 0 Å². The van der Waals surface area contributed by atoms with Crippen LogP contribution in [0.5, 0.6) is 0 Å². The monoisotopic (exact) mass is 937 g/mol. The molecule has 6 aromatic carbocycles. The Bertz CT molecular complexity index is 3410. The molecule has 356 valence electrons. The molecule has 4 heteroatoms. The summed E-state index contributed by atoms with van der Waals surface area (Å²) in [5, 5.41) is 2.86. The van der Waals surface area contributed by atoms with Crippen LogP contribution >= 0.6 is 11.3 Å². The summed E-state index contributed by atoms with van der Waals surface area (Å²) < 4.78 is 1.44. The van der Waals surface area contributed by atoms with E-state index in [-0.39, 0.29) is 44.6 Å². The van der Waals surface area contributed by atoms with Gasteiger partial charge in [0.05, 0.1) is 10.7 Å². The molecule has 2 nitrogen and oxygen atoms in total. The number of fused-ring (bicyclic) bond motifs is 13. The van der Waals surface area contributed by atoms with Crippen molar-refractivity contribution in [3.05, 3.63) is 148 Å². The number of anilines is 6. The molecule has 13 rings (SSSR count). The lowest BCUT2D eigenvalue weighted by Crippen LogP contribution is -2.61. The molecule has 0 radical (unpaired) electrons. The molecule has 70 heavy (non-hydrogen) atoms. The van der Waals surface area contributed by atoms with Gasteiger partial charge in [0.1, 0.15) is 0 Å². The summed E-state index contributed by atoms with van der Waals surface area (Å²) in [5.74, 6) is 0. The van der Waals surface area contributed by atoms with Crippen LogP contribution in [0.15, 0.2) is 103 Å². The first-order valence-electron chi connectivity index (χ1n) is 26.8. The second kappa shape index (κ2) is 14.1.